The molecule has 0 unspecified atom stereocenters. The minimum atomic E-state index is 0.0563. The monoisotopic (exact) mass is 402 g/mol. The van der Waals surface area contributed by atoms with Crippen molar-refractivity contribution in [3.05, 3.63) is 99.8 Å². The fourth-order valence-corrected chi connectivity index (χ4v) is 5.37. The molecule has 3 heterocycles. The number of hydrogen-bond acceptors (Lipinski definition) is 2. The van der Waals surface area contributed by atoms with Crippen LogP contribution in [0.25, 0.3) is 54.5 Å². The van der Waals surface area contributed by atoms with Gasteiger partial charge in [0.1, 0.15) is 4.64 Å². The van der Waals surface area contributed by atoms with Crippen LogP contribution in [-0.4, -0.2) is 8.80 Å². The predicted molar refractivity (Wildman–Crippen MR) is 127 cm³/mol. The SMILES string of the molecule is O=c1c2ccccc2n2c3ccccc3c(=S)n3c4ccccc4c4ccc1c2c43. The third kappa shape index (κ3) is 1.76. The van der Waals surface area contributed by atoms with Crippen LogP contribution in [0.4, 0.5) is 0 Å². The first-order chi connectivity index (χ1) is 14.8. The first kappa shape index (κ1) is 16.1. The molecule has 0 radical (unpaired) electrons. The van der Waals surface area contributed by atoms with E-state index in [0.717, 1.165) is 53.8 Å². The Labute approximate surface area is 175 Å². The van der Waals surface area contributed by atoms with Crippen LogP contribution in [0.15, 0.2) is 89.7 Å². The molecule has 0 fully saturated rings. The van der Waals surface area contributed by atoms with E-state index in [1.54, 1.807) is 0 Å². The van der Waals surface area contributed by atoms with Crippen LogP contribution in [-0.2, 0) is 0 Å². The molecular formula is C26H14N2OS. The van der Waals surface area contributed by atoms with E-state index >= 15 is 0 Å². The summed E-state index contributed by atoms with van der Waals surface area (Å²) in [6.45, 7) is 0. The molecule has 0 amide bonds. The van der Waals surface area contributed by atoms with Crippen molar-refractivity contribution in [2.75, 3.05) is 0 Å². The zero-order valence-corrected chi connectivity index (χ0v) is 16.6. The van der Waals surface area contributed by atoms with Gasteiger partial charge in [0, 0.05) is 26.9 Å². The topological polar surface area (TPSA) is 25.9 Å². The molecule has 0 atom stereocenters. The van der Waals surface area contributed by atoms with Gasteiger partial charge in [-0.3, -0.25) is 9.20 Å². The normalized spacial score (nSPS) is 12.3. The van der Waals surface area contributed by atoms with Gasteiger partial charge in [0.2, 0.25) is 0 Å². The van der Waals surface area contributed by atoms with Crippen molar-refractivity contribution in [2.45, 2.75) is 0 Å². The number of benzene rings is 4. The Balaban J connectivity index is 2.08. The Hall–Kier alpha value is -3.76. The van der Waals surface area contributed by atoms with Gasteiger partial charge in [0.25, 0.3) is 0 Å². The lowest BCUT2D eigenvalue weighted by atomic mass is 10.1. The van der Waals surface area contributed by atoms with E-state index in [1.165, 1.54) is 0 Å². The Morgan fingerprint density at radius 2 is 1.00 bits per heavy atom. The number of hydrogen-bond donors (Lipinski definition) is 0. The fourth-order valence-electron chi connectivity index (χ4n) is 5.01. The molecule has 0 aliphatic rings. The Morgan fingerprint density at radius 3 is 1.73 bits per heavy atom. The minimum absolute atomic E-state index is 0.0563. The Morgan fingerprint density at radius 1 is 0.500 bits per heavy atom. The van der Waals surface area contributed by atoms with Crippen LogP contribution in [0.1, 0.15) is 0 Å². The maximum Gasteiger partial charge on any atom is 0.197 e. The van der Waals surface area contributed by atoms with Crippen LogP contribution >= 0.6 is 12.2 Å². The molecule has 4 heteroatoms. The highest BCUT2D eigenvalue weighted by molar-refractivity contribution is 7.71. The fraction of sp³-hybridized carbons (Fsp3) is 0. The van der Waals surface area contributed by atoms with Crippen LogP contribution < -0.4 is 5.43 Å². The highest BCUT2D eigenvalue weighted by Gasteiger charge is 2.19. The average molecular weight is 402 g/mol. The molecule has 0 saturated heterocycles. The van der Waals surface area contributed by atoms with Gasteiger partial charge in [-0.2, -0.15) is 0 Å². The maximum absolute atomic E-state index is 13.5. The van der Waals surface area contributed by atoms with Crippen molar-refractivity contribution in [3.63, 3.8) is 0 Å². The van der Waals surface area contributed by atoms with Crippen LogP contribution in [0.3, 0.4) is 0 Å². The van der Waals surface area contributed by atoms with Gasteiger partial charge >= 0.3 is 0 Å². The van der Waals surface area contributed by atoms with Gasteiger partial charge in [-0.1, -0.05) is 60.7 Å². The van der Waals surface area contributed by atoms with E-state index in [2.05, 4.69) is 39.1 Å². The van der Waals surface area contributed by atoms with Crippen molar-refractivity contribution in [2.24, 2.45) is 0 Å². The molecule has 3 aromatic heterocycles. The number of para-hydroxylation sites is 3. The highest BCUT2D eigenvalue weighted by atomic mass is 32.1. The second-order valence-corrected chi connectivity index (χ2v) is 8.10. The molecule has 0 aliphatic heterocycles. The number of pyridine rings is 1. The lowest BCUT2D eigenvalue weighted by Gasteiger charge is -2.10. The van der Waals surface area contributed by atoms with E-state index < -0.39 is 0 Å². The van der Waals surface area contributed by atoms with Crippen LogP contribution in [0.2, 0.25) is 0 Å². The van der Waals surface area contributed by atoms with Gasteiger partial charge in [0.05, 0.1) is 27.6 Å². The van der Waals surface area contributed by atoms with E-state index in [1.807, 2.05) is 54.6 Å². The van der Waals surface area contributed by atoms with Crippen LogP contribution in [0.5, 0.6) is 0 Å². The summed E-state index contributed by atoms with van der Waals surface area (Å²) in [6, 6.07) is 28.4. The number of rotatable bonds is 0. The zero-order valence-electron chi connectivity index (χ0n) is 15.8. The molecule has 7 aromatic rings. The second-order valence-electron chi connectivity index (χ2n) is 7.71. The van der Waals surface area contributed by atoms with Crippen molar-refractivity contribution >= 4 is 66.7 Å². The average Bonchev–Trinajstić information content (AvgIpc) is 3.08. The molecule has 0 N–H and O–H groups in total. The molecule has 0 bridgehead atoms. The summed E-state index contributed by atoms with van der Waals surface area (Å²) in [5.41, 5.74) is 4.94. The zero-order chi connectivity index (χ0) is 20.0. The summed E-state index contributed by atoms with van der Waals surface area (Å²) in [6.07, 6.45) is 0. The third-order valence-electron chi connectivity index (χ3n) is 6.25. The standard InChI is InChI=1S/C26H14N2OS/c29-25-17-8-2-5-11-21(17)27-22-12-6-3-9-18(22)26(30)28-20-10-4-1-7-15(20)16-13-14-19(25)24(27)23(16)28/h1-14H. The van der Waals surface area contributed by atoms with Crippen molar-refractivity contribution in [1.82, 2.24) is 8.80 Å². The lowest BCUT2D eigenvalue weighted by Crippen LogP contribution is -2.07. The Kier molecular flexibility index (Phi) is 2.91. The summed E-state index contributed by atoms with van der Waals surface area (Å²) in [5, 5.41) is 4.67. The van der Waals surface area contributed by atoms with Gasteiger partial charge < -0.3 is 4.40 Å². The van der Waals surface area contributed by atoms with E-state index in [-0.39, 0.29) is 5.43 Å². The molecule has 140 valence electrons. The van der Waals surface area contributed by atoms with Crippen LogP contribution in [0, 0.1) is 4.64 Å². The quantitative estimate of drug-likeness (QED) is 0.219. The Bertz CT molecular complexity index is 1950. The number of nitrogens with zero attached hydrogens (tertiary/aromatic N) is 2. The van der Waals surface area contributed by atoms with E-state index in [9.17, 15) is 4.79 Å². The van der Waals surface area contributed by atoms with Gasteiger partial charge in [-0.05, 0) is 36.4 Å². The smallest absolute Gasteiger partial charge is 0.197 e. The molecular weight excluding hydrogens is 388 g/mol. The molecule has 0 spiro atoms. The van der Waals surface area contributed by atoms with Crippen molar-refractivity contribution < 1.29 is 0 Å². The molecule has 0 aliphatic carbocycles. The van der Waals surface area contributed by atoms with Gasteiger partial charge in [-0.15, -0.1) is 0 Å². The summed E-state index contributed by atoms with van der Waals surface area (Å²) in [4.78, 5) is 13.5. The maximum atomic E-state index is 13.5. The van der Waals surface area contributed by atoms with Gasteiger partial charge in [-0.25, -0.2) is 0 Å². The van der Waals surface area contributed by atoms with Crippen molar-refractivity contribution in [3.8, 4) is 0 Å². The van der Waals surface area contributed by atoms with E-state index in [0.29, 0.717) is 5.39 Å². The third-order valence-corrected chi connectivity index (χ3v) is 6.65. The second kappa shape index (κ2) is 5.43. The molecule has 4 aromatic carbocycles. The van der Waals surface area contributed by atoms with Crippen molar-refractivity contribution in [1.29, 1.82) is 0 Å². The van der Waals surface area contributed by atoms with Gasteiger partial charge in [0.15, 0.2) is 5.43 Å². The predicted octanol–water partition coefficient (Wildman–Crippen LogP) is 6.33. The molecule has 7 rings (SSSR count). The first-order valence-electron chi connectivity index (χ1n) is 9.89. The molecule has 3 nitrogen and oxygen atoms in total. The number of aromatic nitrogens is 2. The van der Waals surface area contributed by atoms with E-state index in [4.69, 9.17) is 12.2 Å². The first-order valence-corrected chi connectivity index (χ1v) is 10.3. The molecule has 0 saturated carbocycles. The molecule has 30 heavy (non-hydrogen) atoms. The summed E-state index contributed by atoms with van der Waals surface area (Å²) >= 11 is 6.06. The summed E-state index contributed by atoms with van der Waals surface area (Å²) in [5.74, 6) is 0. The summed E-state index contributed by atoms with van der Waals surface area (Å²) in [7, 11) is 0. The lowest BCUT2D eigenvalue weighted by molar-refractivity contribution is 1.26. The summed E-state index contributed by atoms with van der Waals surface area (Å²) < 4.78 is 5.13. The highest BCUT2D eigenvalue weighted by Crippen LogP contribution is 2.36. The number of fused-ring (bicyclic) bond motifs is 7. The largest absolute Gasteiger partial charge is 0.306 e. The minimum Gasteiger partial charge on any atom is -0.306 e.